The van der Waals surface area contributed by atoms with Gasteiger partial charge in [-0.15, -0.1) is 0 Å². The van der Waals surface area contributed by atoms with Gasteiger partial charge in [-0.25, -0.2) is 0 Å². The summed E-state index contributed by atoms with van der Waals surface area (Å²) in [5.41, 5.74) is 5.20. The fraction of sp³-hybridized carbons (Fsp3) is 0.192. The Bertz CT molecular complexity index is 1290. The fourth-order valence-electron chi connectivity index (χ4n) is 3.99. The molecule has 3 aromatic rings. The van der Waals surface area contributed by atoms with E-state index in [9.17, 15) is 14.7 Å². The lowest BCUT2D eigenvalue weighted by molar-refractivity contribution is -0.122. The highest BCUT2D eigenvalue weighted by molar-refractivity contribution is 7.80. The second-order valence-electron chi connectivity index (χ2n) is 8.38. The van der Waals surface area contributed by atoms with Crippen molar-refractivity contribution in [3.05, 3.63) is 82.7 Å². The minimum atomic E-state index is -0.519. The van der Waals surface area contributed by atoms with Crippen molar-refractivity contribution in [3.8, 4) is 11.4 Å². The number of aromatic hydroxyl groups is 1. The van der Waals surface area contributed by atoms with Crippen LogP contribution in [0.15, 0.2) is 60.2 Å². The lowest BCUT2D eigenvalue weighted by Crippen LogP contribution is -2.54. The maximum atomic E-state index is 13.4. The number of hydrogen-bond acceptors (Lipinski definition) is 4. The van der Waals surface area contributed by atoms with Crippen LogP contribution in [0.1, 0.15) is 42.3 Å². The standard InChI is InChI=1S/C26H25N3O3S/c1-15(2)18-5-7-21(8-6-18)29-25(32)23(24(31)27-26(29)33)14-19-13-16(3)28(17(19)4)20-9-11-22(30)12-10-20/h5-15,30H,1-4H3,(H,27,31,33)/b23-14+. The van der Waals surface area contributed by atoms with Gasteiger partial charge in [0, 0.05) is 17.1 Å². The van der Waals surface area contributed by atoms with Crippen molar-refractivity contribution in [1.29, 1.82) is 0 Å². The molecule has 168 valence electrons. The van der Waals surface area contributed by atoms with Gasteiger partial charge in [0.15, 0.2) is 5.11 Å². The summed E-state index contributed by atoms with van der Waals surface area (Å²) in [7, 11) is 0. The zero-order chi connectivity index (χ0) is 23.9. The van der Waals surface area contributed by atoms with Crippen LogP contribution in [0.5, 0.6) is 5.75 Å². The highest BCUT2D eigenvalue weighted by Crippen LogP contribution is 2.27. The number of phenols is 1. The summed E-state index contributed by atoms with van der Waals surface area (Å²) < 4.78 is 2.00. The molecule has 2 heterocycles. The molecular weight excluding hydrogens is 434 g/mol. The molecule has 1 saturated heterocycles. The topological polar surface area (TPSA) is 74.6 Å². The molecule has 6 nitrogen and oxygen atoms in total. The summed E-state index contributed by atoms with van der Waals surface area (Å²) >= 11 is 5.31. The van der Waals surface area contributed by atoms with E-state index in [1.165, 1.54) is 4.90 Å². The number of carbonyl (C=O) groups is 2. The predicted octanol–water partition coefficient (Wildman–Crippen LogP) is 4.75. The molecule has 33 heavy (non-hydrogen) atoms. The number of nitrogens with one attached hydrogen (secondary N) is 1. The number of phenolic OH excluding ortho intramolecular Hbond substituents is 1. The Kier molecular flexibility index (Phi) is 5.91. The summed E-state index contributed by atoms with van der Waals surface area (Å²) in [6.45, 7) is 8.07. The first kappa shape index (κ1) is 22.5. The molecule has 7 heteroatoms. The number of nitrogens with zero attached hydrogens (tertiary/aromatic N) is 2. The predicted molar refractivity (Wildman–Crippen MR) is 134 cm³/mol. The van der Waals surface area contributed by atoms with E-state index < -0.39 is 11.8 Å². The van der Waals surface area contributed by atoms with E-state index in [0.717, 1.165) is 28.2 Å². The van der Waals surface area contributed by atoms with Gasteiger partial charge < -0.3 is 9.67 Å². The van der Waals surface area contributed by atoms with E-state index >= 15 is 0 Å². The molecule has 0 aliphatic carbocycles. The minimum Gasteiger partial charge on any atom is -0.508 e. The first-order valence-electron chi connectivity index (χ1n) is 10.7. The second kappa shape index (κ2) is 8.67. The maximum Gasteiger partial charge on any atom is 0.270 e. The Labute approximate surface area is 198 Å². The third kappa shape index (κ3) is 4.19. The van der Waals surface area contributed by atoms with Crippen LogP contribution in [0.3, 0.4) is 0 Å². The number of aryl methyl sites for hydroxylation is 1. The van der Waals surface area contributed by atoms with E-state index in [1.54, 1.807) is 18.2 Å². The Balaban J connectivity index is 1.72. The van der Waals surface area contributed by atoms with Crippen LogP contribution in [0.2, 0.25) is 0 Å². The monoisotopic (exact) mass is 459 g/mol. The number of carbonyl (C=O) groups excluding carboxylic acids is 2. The molecule has 0 bridgehead atoms. The van der Waals surface area contributed by atoms with Crippen LogP contribution < -0.4 is 10.2 Å². The first-order chi connectivity index (χ1) is 15.7. The smallest absolute Gasteiger partial charge is 0.270 e. The molecule has 1 aliphatic heterocycles. The summed E-state index contributed by atoms with van der Waals surface area (Å²) in [4.78, 5) is 27.4. The molecule has 0 atom stereocenters. The van der Waals surface area contributed by atoms with Crippen molar-refractivity contribution < 1.29 is 14.7 Å². The zero-order valence-electron chi connectivity index (χ0n) is 18.9. The molecule has 0 unspecified atom stereocenters. The third-order valence-corrected chi connectivity index (χ3v) is 6.08. The molecule has 0 saturated carbocycles. The van der Waals surface area contributed by atoms with E-state index in [1.807, 2.05) is 60.9 Å². The number of thiocarbonyl (C=S) groups is 1. The Morgan fingerprint density at radius 1 is 0.970 bits per heavy atom. The number of amides is 2. The van der Waals surface area contributed by atoms with Crippen molar-refractivity contribution in [2.45, 2.75) is 33.6 Å². The number of aromatic nitrogens is 1. The summed E-state index contributed by atoms with van der Waals surface area (Å²) in [5.74, 6) is -0.433. The Morgan fingerprint density at radius 3 is 2.18 bits per heavy atom. The van der Waals surface area contributed by atoms with E-state index in [-0.39, 0.29) is 16.4 Å². The molecule has 0 radical (unpaired) electrons. The average Bonchev–Trinajstić information content (AvgIpc) is 3.05. The number of anilines is 1. The van der Waals surface area contributed by atoms with E-state index in [2.05, 4.69) is 19.2 Å². The van der Waals surface area contributed by atoms with Gasteiger partial charge in [-0.3, -0.25) is 19.8 Å². The summed E-state index contributed by atoms with van der Waals surface area (Å²) in [6, 6.07) is 16.4. The molecule has 1 fully saturated rings. The van der Waals surface area contributed by atoms with Crippen LogP contribution in [-0.4, -0.2) is 26.6 Å². The molecule has 4 rings (SSSR count). The average molecular weight is 460 g/mol. The Hall–Kier alpha value is -3.71. The highest BCUT2D eigenvalue weighted by atomic mass is 32.1. The van der Waals surface area contributed by atoms with Crippen LogP contribution in [0.4, 0.5) is 5.69 Å². The van der Waals surface area contributed by atoms with Crippen LogP contribution in [0, 0.1) is 13.8 Å². The second-order valence-corrected chi connectivity index (χ2v) is 8.77. The lowest BCUT2D eigenvalue weighted by atomic mass is 10.0. The fourth-order valence-corrected chi connectivity index (χ4v) is 4.27. The van der Waals surface area contributed by atoms with Gasteiger partial charge in [-0.2, -0.15) is 0 Å². The van der Waals surface area contributed by atoms with Gasteiger partial charge >= 0.3 is 0 Å². The number of hydrogen-bond donors (Lipinski definition) is 2. The van der Waals surface area contributed by atoms with Crippen LogP contribution in [-0.2, 0) is 9.59 Å². The maximum absolute atomic E-state index is 13.4. The SMILES string of the molecule is Cc1cc(/C=C2\C(=O)NC(=S)N(c3ccc(C(C)C)cc3)C2=O)c(C)n1-c1ccc(O)cc1. The van der Waals surface area contributed by atoms with Gasteiger partial charge in [0.25, 0.3) is 11.8 Å². The van der Waals surface area contributed by atoms with Gasteiger partial charge in [-0.1, -0.05) is 26.0 Å². The highest BCUT2D eigenvalue weighted by Gasteiger charge is 2.34. The minimum absolute atomic E-state index is 0.0162. The van der Waals surface area contributed by atoms with Crippen LogP contribution in [0.25, 0.3) is 11.8 Å². The van der Waals surface area contributed by atoms with Crippen molar-refractivity contribution in [3.63, 3.8) is 0 Å². The molecular formula is C26H25N3O3S. The van der Waals surface area contributed by atoms with Crippen molar-refractivity contribution in [2.75, 3.05) is 4.90 Å². The summed E-state index contributed by atoms with van der Waals surface area (Å²) in [5, 5.41) is 12.3. The molecule has 2 aromatic carbocycles. The van der Waals surface area contributed by atoms with Crippen LogP contribution >= 0.6 is 12.2 Å². The molecule has 1 aliphatic rings. The third-order valence-electron chi connectivity index (χ3n) is 5.80. The summed E-state index contributed by atoms with van der Waals surface area (Å²) in [6.07, 6.45) is 1.61. The van der Waals surface area contributed by atoms with Gasteiger partial charge in [-0.05, 0) is 91.7 Å². The van der Waals surface area contributed by atoms with Crippen molar-refractivity contribution in [1.82, 2.24) is 9.88 Å². The quantitative estimate of drug-likeness (QED) is 0.335. The number of rotatable bonds is 4. The lowest BCUT2D eigenvalue weighted by Gasteiger charge is -2.29. The zero-order valence-corrected chi connectivity index (χ0v) is 19.7. The molecule has 1 aromatic heterocycles. The van der Waals surface area contributed by atoms with Crippen molar-refractivity contribution >= 4 is 40.9 Å². The van der Waals surface area contributed by atoms with E-state index in [4.69, 9.17) is 12.2 Å². The van der Waals surface area contributed by atoms with Crippen molar-refractivity contribution in [2.24, 2.45) is 0 Å². The first-order valence-corrected chi connectivity index (χ1v) is 11.1. The Morgan fingerprint density at radius 2 is 1.58 bits per heavy atom. The van der Waals surface area contributed by atoms with Gasteiger partial charge in [0.1, 0.15) is 11.3 Å². The number of benzene rings is 2. The van der Waals surface area contributed by atoms with E-state index in [0.29, 0.717) is 11.6 Å². The molecule has 2 N–H and O–H groups in total. The van der Waals surface area contributed by atoms with Gasteiger partial charge in [0.2, 0.25) is 0 Å². The largest absolute Gasteiger partial charge is 0.508 e. The van der Waals surface area contributed by atoms with Gasteiger partial charge in [0.05, 0.1) is 5.69 Å². The molecule has 2 amide bonds. The normalized spacial score (nSPS) is 15.5. The molecule has 0 spiro atoms.